The molecule has 0 aliphatic carbocycles. The number of carbonyl (C=O) groups excluding carboxylic acids is 1. The van der Waals surface area contributed by atoms with E-state index in [0.717, 1.165) is 16.7 Å². The number of hydrogen-bond donors (Lipinski definition) is 2. The normalized spacial score (nSPS) is 13.7. The zero-order valence-electron chi connectivity index (χ0n) is 11.7. The van der Waals surface area contributed by atoms with Crippen molar-refractivity contribution in [1.82, 2.24) is 5.32 Å². The summed E-state index contributed by atoms with van der Waals surface area (Å²) in [6.45, 7) is 6.80. The van der Waals surface area contributed by atoms with E-state index in [1.807, 2.05) is 6.92 Å². The molecule has 1 aromatic rings. The molecule has 106 valence electrons. The van der Waals surface area contributed by atoms with Crippen LogP contribution < -0.4 is 10.6 Å². The molecule has 0 aromatic heterocycles. The summed E-state index contributed by atoms with van der Waals surface area (Å²) in [4.78, 5) is 22.7. The number of anilines is 1. The minimum Gasteiger partial charge on any atom is -0.317 e. The van der Waals surface area contributed by atoms with E-state index >= 15 is 0 Å². The van der Waals surface area contributed by atoms with Crippen LogP contribution in [0.5, 0.6) is 0 Å². The number of aryl methyl sites for hydroxylation is 2. The standard InChI is InChI=1S/C14H17N3O3/c1-8-4-12(13(17(19)20)5-9(8)2)16-14(18)10(3)11-6-15-7-11/h4-5,15H,6-7H2,1-3H3,(H,16,18). The van der Waals surface area contributed by atoms with Crippen LogP contribution in [-0.2, 0) is 4.79 Å². The molecule has 1 aromatic carbocycles. The fraction of sp³-hybridized carbons (Fsp3) is 0.357. The van der Waals surface area contributed by atoms with E-state index in [1.165, 1.54) is 6.07 Å². The largest absolute Gasteiger partial charge is 0.317 e. The summed E-state index contributed by atoms with van der Waals surface area (Å²) >= 11 is 0. The molecule has 1 aliphatic heterocycles. The summed E-state index contributed by atoms with van der Waals surface area (Å²) in [5.41, 5.74) is 3.56. The first-order valence-corrected chi connectivity index (χ1v) is 6.36. The van der Waals surface area contributed by atoms with Gasteiger partial charge in [-0.25, -0.2) is 0 Å². The molecular weight excluding hydrogens is 258 g/mol. The summed E-state index contributed by atoms with van der Waals surface area (Å²) < 4.78 is 0. The van der Waals surface area contributed by atoms with Crippen molar-refractivity contribution in [3.8, 4) is 0 Å². The highest BCUT2D eigenvalue weighted by atomic mass is 16.6. The minimum absolute atomic E-state index is 0.0778. The van der Waals surface area contributed by atoms with Crippen molar-refractivity contribution in [2.24, 2.45) is 0 Å². The number of nitro benzene ring substituents is 1. The number of nitrogens with one attached hydrogen (secondary N) is 2. The number of amides is 1. The Morgan fingerprint density at radius 3 is 2.40 bits per heavy atom. The first kappa shape index (κ1) is 14.2. The topological polar surface area (TPSA) is 84.3 Å². The van der Waals surface area contributed by atoms with Gasteiger partial charge >= 0.3 is 0 Å². The van der Waals surface area contributed by atoms with Gasteiger partial charge in [-0.05, 0) is 43.5 Å². The number of hydrogen-bond acceptors (Lipinski definition) is 4. The van der Waals surface area contributed by atoms with Crippen LogP contribution in [0.4, 0.5) is 11.4 Å². The monoisotopic (exact) mass is 275 g/mol. The number of benzene rings is 1. The summed E-state index contributed by atoms with van der Waals surface area (Å²) in [6, 6.07) is 3.13. The van der Waals surface area contributed by atoms with Crippen molar-refractivity contribution in [3.05, 3.63) is 44.5 Å². The maximum Gasteiger partial charge on any atom is 0.293 e. The maximum atomic E-state index is 12.1. The molecule has 2 rings (SSSR count). The molecule has 0 saturated carbocycles. The summed E-state index contributed by atoms with van der Waals surface area (Å²) in [5, 5.41) is 16.8. The lowest BCUT2D eigenvalue weighted by Crippen LogP contribution is -2.36. The molecule has 1 heterocycles. The van der Waals surface area contributed by atoms with Gasteiger partial charge < -0.3 is 10.6 Å². The second-order valence-electron chi connectivity index (χ2n) is 5.00. The van der Waals surface area contributed by atoms with E-state index in [4.69, 9.17) is 0 Å². The van der Waals surface area contributed by atoms with Gasteiger partial charge in [0.15, 0.2) is 0 Å². The first-order valence-electron chi connectivity index (χ1n) is 6.36. The Labute approximate surface area is 117 Å². The molecular formula is C14H17N3O3. The van der Waals surface area contributed by atoms with Crippen molar-refractivity contribution in [2.75, 3.05) is 18.4 Å². The molecule has 6 nitrogen and oxygen atoms in total. The van der Waals surface area contributed by atoms with Crippen LogP contribution in [0.1, 0.15) is 18.1 Å². The van der Waals surface area contributed by atoms with Gasteiger partial charge in [-0.2, -0.15) is 0 Å². The molecule has 2 N–H and O–H groups in total. The Morgan fingerprint density at radius 1 is 1.30 bits per heavy atom. The van der Waals surface area contributed by atoms with Crippen LogP contribution in [0.25, 0.3) is 0 Å². The molecule has 6 heteroatoms. The lowest BCUT2D eigenvalue weighted by atomic mass is 10.0. The SMILES string of the molecule is CC(C(=O)Nc1cc(C)c(C)cc1[N+](=O)[O-])=C1CNC1. The van der Waals surface area contributed by atoms with Gasteiger partial charge in [0.05, 0.1) is 4.92 Å². The Bertz CT molecular complexity index is 614. The molecule has 0 radical (unpaired) electrons. The molecule has 20 heavy (non-hydrogen) atoms. The Kier molecular flexibility index (Phi) is 3.85. The average molecular weight is 275 g/mol. The first-order chi connectivity index (χ1) is 9.40. The average Bonchev–Trinajstić information content (AvgIpc) is 2.30. The Morgan fingerprint density at radius 2 is 1.90 bits per heavy atom. The van der Waals surface area contributed by atoms with Gasteiger partial charge in [0.2, 0.25) is 0 Å². The quantitative estimate of drug-likeness (QED) is 0.502. The predicted molar refractivity (Wildman–Crippen MR) is 76.8 cm³/mol. The molecule has 0 unspecified atom stereocenters. The zero-order valence-corrected chi connectivity index (χ0v) is 11.7. The van der Waals surface area contributed by atoms with Crippen molar-refractivity contribution in [1.29, 1.82) is 0 Å². The van der Waals surface area contributed by atoms with E-state index in [-0.39, 0.29) is 17.3 Å². The molecule has 1 fully saturated rings. The Balaban J connectivity index is 2.31. The van der Waals surface area contributed by atoms with Gasteiger partial charge in [0, 0.05) is 24.7 Å². The lowest BCUT2D eigenvalue weighted by Gasteiger charge is -2.21. The Hall–Kier alpha value is -2.21. The fourth-order valence-electron chi connectivity index (χ4n) is 1.94. The second-order valence-corrected chi connectivity index (χ2v) is 5.00. The molecule has 1 aliphatic rings. The fourth-order valence-corrected chi connectivity index (χ4v) is 1.94. The highest BCUT2D eigenvalue weighted by Gasteiger charge is 2.20. The van der Waals surface area contributed by atoms with Crippen molar-refractivity contribution >= 4 is 17.3 Å². The van der Waals surface area contributed by atoms with Gasteiger partial charge in [0.25, 0.3) is 11.6 Å². The molecule has 1 saturated heterocycles. The van der Waals surface area contributed by atoms with Gasteiger partial charge in [0.1, 0.15) is 5.69 Å². The summed E-state index contributed by atoms with van der Waals surface area (Å²) in [7, 11) is 0. The summed E-state index contributed by atoms with van der Waals surface area (Å²) in [6.07, 6.45) is 0. The van der Waals surface area contributed by atoms with Gasteiger partial charge in [-0.3, -0.25) is 14.9 Å². The van der Waals surface area contributed by atoms with Crippen LogP contribution >= 0.6 is 0 Å². The van der Waals surface area contributed by atoms with Crippen molar-refractivity contribution < 1.29 is 9.72 Å². The molecule has 0 bridgehead atoms. The zero-order chi connectivity index (χ0) is 14.9. The highest BCUT2D eigenvalue weighted by Crippen LogP contribution is 2.28. The van der Waals surface area contributed by atoms with E-state index in [1.54, 1.807) is 19.9 Å². The second kappa shape index (κ2) is 5.42. The lowest BCUT2D eigenvalue weighted by molar-refractivity contribution is -0.384. The molecule has 0 atom stereocenters. The van der Waals surface area contributed by atoms with Gasteiger partial charge in [-0.15, -0.1) is 0 Å². The molecule has 1 amide bonds. The van der Waals surface area contributed by atoms with Crippen LogP contribution in [-0.4, -0.2) is 23.9 Å². The van der Waals surface area contributed by atoms with E-state index in [9.17, 15) is 14.9 Å². The number of rotatable bonds is 3. The van der Waals surface area contributed by atoms with Crippen molar-refractivity contribution in [2.45, 2.75) is 20.8 Å². The van der Waals surface area contributed by atoms with Crippen LogP contribution in [0, 0.1) is 24.0 Å². The smallest absolute Gasteiger partial charge is 0.293 e. The van der Waals surface area contributed by atoms with E-state index < -0.39 is 4.92 Å². The minimum atomic E-state index is -0.477. The third kappa shape index (κ3) is 2.70. The number of carbonyl (C=O) groups is 1. The highest BCUT2D eigenvalue weighted by molar-refractivity contribution is 6.05. The maximum absolute atomic E-state index is 12.1. The summed E-state index contributed by atoms with van der Waals surface area (Å²) in [5.74, 6) is -0.284. The number of nitrogens with zero attached hydrogens (tertiary/aromatic N) is 1. The predicted octanol–water partition coefficient (Wildman–Crippen LogP) is 2.07. The van der Waals surface area contributed by atoms with Crippen molar-refractivity contribution in [3.63, 3.8) is 0 Å². The number of nitro groups is 1. The third-order valence-corrected chi connectivity index (χ3v) is 3.60. The van der Waals surface area contributed by atoms with Crippen LogP contribution in [0.3, 0.4) is 0 Å². The molecule has 0 spiro atoms. The van der Waals surface area contributed by atoms with Crippen LogP contribution in [0.2, 0.25) is 0 Å². The van der Waals surface area contributed by atoms with E-state index in [0.29, 0.717) is 18.7 Å². The third-order valence-electron chi connectivity index (χ3n) is 3.60. The van der Waals surface area contributed by atoms with Crippen LogP contribution in [0.15, 0.2) is 23.3 Å². The van der Waals surface area contributed by atoms with Gasteiger partial charge in [-0.1, -0.05) is 0 Å². The van der Waals surface area contributed by atoms with E-state index in [2.05, 4.69) is 10.6 Å².